The molecule has 0 spiro atoms. The van der Waals surface area contributed by atoms with Crippen molar-refractivity contribution < 1.29 is 9.15 Å². The van der Waals surface area contributed by atoms with Crippen molar-refractivity contribution in [2.75, 3.05) is 25.6 Å². The molecule has 0 aliphatic heterocycles. The molecule has 0 amide bonds. The number of rotatable bonds is 7. The predicted octanol–water partition coefficient (Wildman–Crippen LogP) is 3.03. The van der Waals surface area contributed by atoms with Gasteiger partial charge in [-0.15, -0.1) is 0 Å². The van der Waals surface area contributed by atoms with Crippen molar-refractivity contribution in [3.8, 4) is 5.75 Å². The molecule has 0 fully saturated rings. The molecule has 1 aromatic carbocycles. The maximum absolute atomic E-state index is 5.60. The molecule has 0 atom stereocenters. The number of furan rings is 1. The van der Waals surface area contributed by atoms with E-state index in [1.165, 1.54) is 5.56 Å². The van der Waals surface area contributed by atoms with Gasteiger partial charge in [-0.05, 0) is 24.7 Å². The fourth-order valence-corrected chi connectivity index (χ4v) is 2.04. The average molecular weight is 274 g/mol. The van der Waals surface area contributed by atoms with E-state index < -0.39 is 0 Å². The Morgan fingerprint density at radius 1 is 1.30 bits per heavy atom. The van der Waals surface area contributed by atoms with Gasteiger partial charge >= 0.3 is 0 Å². The molecular formula is C16H22N2O2. The SMILES string of the molecule is CCNCc1coc(CN(C)c2cccc(OC)c2)c1. The zero-order valence-electron chi connectivity index (χ0n) is 12.3. The van der Waals surface area contributed by atoms with Gasteiger partial charge in [0.1, 0.15) is 11.5 Å². The van der Waals surface area contributed by atoms with Gasteiger partial charge in [-0.3, -0.25) is 0 Å². The van der Waals surface area contributed by atoms with Gasteiger partial charge < -0.3 is 19.4 Å². The molecule has 0 unspecified atom stereocenters. The van der Waals surface area contributed by atoms with Crippen molar-refractivity contribution in [3.63, 3.8) is 0 Å². The summed E-state index contributed by atoms with van der Waals surface area (Å²) in [6, 6.07) is 10.1. The first kappa shape index (κ1) is 14.5. The van der Waals surface area contributed by atoms with E-state index in [0.29, 0.717) is 0 Å². The maximum Gasteiger partial charge on any atom is 0.123 e. The summed E-state index contributed by atoms with van der Waals surface area (Å²) in [6.07, 6.45) is 1.82. The Balaban J connectivity index is 1.99. The average Bonchev–Trinajstić information content (AvgIpc) is 2.92. The third-order valence-corrected chi connectivity index (χ3v) is 3.17. The topological polar surface area (TPSA) is 37.6 Å². The smallest absolute Gasteiger partial charge is 0.123 e. The number of ether oxygens (including phenoxy) is 1. The second-order valence-electron chi connectivity index (χ2n) is 4.76. The number of anilines is 1. The van der Waals surface area contributed by atoms with Crippen LogP contribution >= 0.6 is 0 Å². The molecule has 20 heavy (non-hydrogen) atoms. The van der Waals surface area contributed by atoms with Gasteiger partial charge in [-0.1, -0.05) is 13.0 Å². The van der Waals surface area contributed by atoms with Crippen molar-refractivity contribution in [1.29, 1.82) is 0 Å². The largest absolute Gasteiger partial charge is 0.497 e. The van der Waals surface area contributed by atoms with Crippen LogP contribution in [-0.4, -0.2) is 20.7 Å². The highest BCUT2D eigenvalue weighted by Crippen LogP contribution is 2.21. The van der Waals surface area contributed by atoms with Crippen LogP contribution in [0.25, 0.3) is 0 Å². The highest BCUT2D eigenvalue weighted by molar-refractivity contribution is 5.50. The number of methoxy groups -OCH3 is 1. The molecule has 4 heteroatoms. The fraction of sp³-hybridized carbons (Fsp3) is 0.375. The number of hydrogen-bond donors (Lipinski definition) is 1. The van der Waals surface area contributed by atoms with Crippen LogP contribution in [0.2, 0.25) is 0 Å². The molecule has 0 bridgehead atoms. The number of benzene rings is 1. The lowest BCUT2D eigenvalue weighted by Crippen LogP contribution is -2.16. The van der Waals surface area contributed by atoms with E-state index in [2.05, 4.69) is 29.3 Å². The molecular weight excluding hydrogens is 252 g/mol. The Kier molecular flexibility index (Phi) is 5.07. The van der Waals surface area contributed by atoms with Gasteiger partial charge in [0.2, 0.25) is 0 Å². The van der Waals surface area contributed by atoms with E-state index in [9.17, 15) is 0 Å². The molecule has 108 valence electrons. The highest BCUT2D eigenvalue weighted by Gasteiger charge is 2.07. The van der Waals surface area contributed by atoms with Crippen molar-refractivity contribution in [2.24, 2.45) is 0 Å². The minimum absolute atomic E-state index is 0.735. The van der Waals surface area contributed by atoms with Gasteiger partial charge in [-0.25, -0.2) is 0 Å². The summed E-state index contributed by atoms with van der Waals surface area (Å²) in [6.45, 7) is 4.64. The second-order valence-corrected chi connectivity index (χ2v) is 4.76. The highest BCUT2D eigenvalue weighted by atomic mass is 16.5. The normalized spacial score (nSPS) is 10.6. The standard InChI is InChI=1S/C16H22N2O2/c1-4-17-10-13-8-16(20-12-13)11-18(2)14-6-5-7-15(9-14)19-3/h5-9,12,17H,4,10-11H2,1-3H3. The zero-order valence-corrected chi connectivity index (χ0v) is 12.3. The van der Waals surface area contributed by atoms with Crippen LogP contribution in [0, 0.1) is 0 Å². The van der Waals surface area contributed by atoms with Crippen LogP contribution < -0.4 is 15.0 Å². The molecule has 0 aliphatic rings. The summed E-state index contributed by atoms with van der Waals surface area (Å²) in [5.41, 5.74) is 2.29. The van der Waals surface area contributed by atoms with E-state index in [-0.39, 0.29) is 0 Å². The van der Waals surface area contributed by atoms with E-state index in [1.807, 2.05) is 31.5 Å². The summed E-state index contributed by atoms with van der Waals surface area (Å²) in [5.74, 6) is 1.82. The monoisotopic (exact) mass is 274 g/mol. The van der Waals surface area contributed by atoms with Crippen molar-refractivity contribution in [3.05, 3.63) is 47.9 Å². The second kappa shape index (κ2) is 7.01. The van der Waals surface area contributed by atoms with Crippen LogP contribution in [-0.2, 0) is 13.1 Å². The maximum atomic E-state index is 5.60. The van der Waals surface area contributed by atoms with Gasteiger partial charge in [-0.2, -0.15) is 0 Å². The van der Waals surface area contributed by atoms with E-state index in [4.69, 9.17) is 9.15 Å². The molecule has 0 saturated carbocycles. The first-order valence-electron chi connectivity index (χ1n) is 6.85. The van der Waals surface area contributed by atoms with Crippen LogP contribution in [0.3, 0.4) is 0 Å². The molecule has 1 N–H and O–H groups in total. The fourth-order valence-electron chi connectivity index (χ4n) is 2.04. The Morgan fingerprint density at radius 2 is 2.15 bits per heavy atom. The van der Waals surface area contributed by atoms with Crippen LogP contribution in [0.5, 0.6) is 5.75 Å². The Labute approximate surface area is 120 Å². The molecule has 0 radical (unpaired) electrons. The van der Waals surface area contributed by atoms with E-state index in [1.54, 1.807) is 7.11 Å². The van der Waals surface area contributed by atoms with E-state index in [0.717, 1.165) is 36.8 Å². The van der Waals surface area contributed by atoms with Crippen molar-refractivity contribution in [2.45, 2.75) is 20.0 Å². The summed E-state index contributed by atoms with van der Waals surface area (Å²) < 4.78 is 10.8. The summed E-state index contributed by atoms with van der Waals surface area (Å²) in [4.78, 5) is 2.14. The molecule has 0 aliphatic carbocycles. The molecule has 1 aromatic heterocycles. The number of nitrogens with one attached hydrogen (secondary N) is 1. The lowest BCUT2D eigenvalue weighted by molar-refractivity contribution is 0.414. The molecule has 0 saturated heterocycles. The van der Waals surface area contributed by atoms with Gasteiger partial charge in [0.05, 0.1) is 19.9 Å². The predicted molar refractivity (Wildman–Crippen MR) is 81.2 cm³/mol. The third-order valence-electron chi connectivity index (χ3n) is 3.17. The third kappa shape index (κ3) is 3.78. The van der Waals surface area contributed by atoms with Crippen molar-refractivity contribution >= 4 is 5.69 Å². The quantitative estimate of drug-likeness (QED) is 0.842. The summed E-state index contributed by atoms with van der Waals surface area (Å²) >= 11 is 0. The minimum atomic E-state index is 0.735. The molecule has 1 heterocycles. The minimum Gasteiger partial charge on any atom is -0.497 e. The first-order chi connectivity index (χ1) is 9.72. The summed E-state index contributed by atoms with van der Waals surface area (Å²) in [5, 5.41) is 3.29. The van der Waals surface area contributed by atoms with Crippen molar-refractivity contribution in [1.82, 2.24) is 5.32 Å². The number of nitrogens with zero attached hydrogens (tertiary/aromatic N) is 1. The molecule has 4 nitrogen and oxygen atoms in total. The molecule has 2 aromatic rings. The zero-order chi connectivity index (χ0) is 14.4. The van der Waals surface area contributed by atoms with Crippen LogP contribution in [0.1, 0.15) is 18.2 Å². The first-order valence-corrected chi connectivity index (χ1v) is 6.85. The number of hydrogen-bond acceptors (Lipinski definition) is 4. The Hall–Kier alpha value is -1.94. The molecule has 2 rings (SSSR count). The van der Waals surface area contributed by atoms with Crippen LogP contribution in [0.15, 0.2) is 41.0 Å². The lowest BCUT2D eigenvalue weighted by atomic mass is 10.2. The Morgan fingerprint density at radius 3 is 2.90 bits per heavy atom. The van der Waals surface area contributed by atoms with Gasteiger partial charge in [0.15, 0.2) is 0 Å². The van der Waals surface area contributed by atoms with E-state index >= 15 is 0 Å². The lowest BCUT2D eigenvalue weighted by Gasteiger charge is -2.18. The van der Waals surface area contributed by atoms with Crippen LogP contribution in [0.4, 0.5) is 5.69 Å². The Bertz CT molecular complexity index is 537. The van der Waals surface area contributed by atoms with Gasteiger partial charge in [0, 0.05) is 30.9 Å². The van der Waals surface area contributed by atoms with Gasteiger partial charge in [0.25, 0.3) is 0 Å². The summed E-state index contributed by atoms with van der Waals surface area (Å²) in [7, 11) is 3.72.